The minimum absolute atomic E-state index is 0.115. The Balaban J connectivity index is 1.89. The van der Waals surface area contributed by atoms with E-state index in [2.05, 4.69) is 4.90 Å². The molecule has 3 nitrogen and oxygen atoms in total. The molecular weight excluding hydrogens is 142 g/mol. The van der Waals surface area contributed by atoms with Crippen molar-refractivity contribution in [1.29, 1.82) is 0 Å². The van der Waals surface area contributed by atoms with Crippen LogP contribution in [0.4, 0.5) is 0 Å². The lowest BCUT2D eigenvalue weighted by atomic mass is 9.99. The fourth-order valence-electron chi connectivity index (χ4n) is 2.77. The topological polar surface area (TPSA) is 36.0 Å². The van der Waals surface area contributed by atoms with Gasteiger partial charge in [-0.15, -0.1) is 0 Å². The number of nitrogens with zero attached hydrogens (tertiary/aromatic N) is 1. The highest BCUT2D eigenvalue weighted by Gasteiger charge is 2.68. The Bertz CT molecular complexity index is 193. The molecule has 0 radical (unpaired) electrons. The number of fused-ring (bicyclic) bond motifs is 3. The van der Waals surface area contributed by atoms with Crippen LogP contribution in [0.15, 0.2) is 0 Å². The van der Waals surface area contributed by atoms with E-state index in [1.807, 2.05) is 0 Å². The molecule has 0 amide bonds. The molecule has 11 heavy (non-hydrogen) atoms. The van der Waals surface area contributed by atoms with Gasteiger partial charge in [0.1, 0.15) is 11.7 Å². The fraction of sp³-hybridized carbons (Fsp3) is 1.00. The Kier molecular flexibility index (Phi) is 1.04. The lowest BCUT2D eigenvalue weighted by Gasteiger charge is -2.21. The molecule has 0 bridgehead atoms. The number of morpholine rings is 1. The van der Waals surface area contributed by atoms with Gasteiger partial charge in [-0.1, -0.05) is 0 Å². The lowest BCUT2D eigenvalue weighted by molar-refractivity contribution is 0.0839. The first-order valence-corrected chi connectivity index (χ1v) is 4.39. The largest absolute Gasteiger partial charge is 0.393 e. The molecule has 3 saturated heterocycles. The molecule has 1 N–H and O–H groups in total. The molecule has 3 fully saturated rings. The maximum absolute atomic E-state index is 9.16. The van der Waals surface area contributed by atoms with Crippen molar-refractivity contribution in [3.63, 3.8) is 0 Å². The zero-order valence-electron chi connectivity index (χ0n) is 6.49. The second-order valence-corrected chi connectivity index (χ2v) is 3.87. The molecule has 3 heterocycles. The van der Waals surface area contributed by atoms with Crippen molar-refractivity contribution >= 4 is 0 Å². The molecule has 3 rings (SSSR count). The van der Waals surface area contributed by atoms with Gasteiger partial charge >= 0.3 is 0 Å². The summed E-state index contributed by atoms with van der Waals surface area (Å²) >= 11 is 0. The monoisotopic (exact) mass is 155 g/mol. The van der Waals surface area contributed by atoms with E-state index >= 15 is 0 Å². The number of epoxide rings is 1. The molecule has 0 spiro atoms. The quantitative estimate of drug-likeness (QED) is 0.523. The highest BCUT2D eigenvalue weighted by Crippen LogP contribution is 2.51. The van der Waals surface area contributed by atoms with Crippen molar-refractivity contribution in [3.05, 3.63) is 0 Å². The molecule has 3 aliphatic rings. The van der Waals surface area contributed by atoms with Crippen LogP contribution in [0.1, 0.15) is 12.8 Å². The van der Waals surface area contributed by atoms with E-state index in [0.717, 1.165) is 6.54 Å². The first kappa shape index (κ1) is 6.40. The normalized spacial score (nSPS) is 54.3. The smallest absolute Gasteiger partial charge is 0.134 e. The summed E-state index contributed by atoms with van der Waals surface area (Å²) in [5.41, 5.74) is -0.115. The molecular formula is C8H13NO2. The lowest BCUT2D eigenvalue weighted by Crippen LogP contribution is -2.37. The van der Waals surface area contributed by atoms with Gasteiger partial charge in [-0.2, -0.15) is 0 Å². The van der Waals surface area contributed by atoms with Gasteiger partial charge in [0, 0.05) is 12.6 Å². The van der Waals surface area contributed by atoms with Crippen molar-refractivity contribution in [2.24, 2.45) is 0 Å². The average molecular weight is 155 g/mol. The molecule has 0 aromatic heterocycles. The van der Waals surface area contributed by atoms with E-state index in [9.17, 15) is 0 Å². The Labute approximate surface area is 65.9 Å². The van der Waals surface area contributed by atoms with E-state index in [1.165, 1.54) is 19.4 Å². The summed E-state index contributed by atoms with van der Waals surface area (Å²) in [7, 11) is 0. The van der Waals surface area contributed by atoms with Crippen LogP contribution in [0.5, 0.6) is 0 Å². The number of rotatable bonds is 1. The summed E-state index contributed by atoms with van der Waals surface area (Å²) in [5, 5.41) is 9.16. The number of ether oxygens (including phenoxy) is 1. The Morgan fingerprint density at radius 3 is 3.36 bits per heavy atom. The van der Waals surface area contributed by atoms with E-state index in [1.54, 1.807) is 0 Å². The number of aliphatic hydroxyl groups excluding tert-OH is 1. The van der Waals surface area contributed by atoms with Crippen molar-refractivity contribution in [2.45, 2.75) is 30.6 Å². The Hall–Kier alpha value is -0.120. The van der Waals surface area contributed by atoms with E-state index < -0.39 is 0 Å². The molecule has 0 saturated carbocycles. The predicted octanol–water partition coefficient (Wildman–Crippen LogP) is -0.406. The molecule has 3 unspecified atom stereocenters. The third-order valence-electron chi connectivity index (χ3n) is 3.42. The third kappa shape index (κ3) is 0.604. The zero-order valence-corrected chi connectivity index (χ0v) is 6.49. The summed E-state index contributed by atoms with van der Waals surface area (Å²) in [4.78, 5) is 2.46. The first-order chi connectivity index (χ1) is 5.37. The second-order valence-electron chi connectivity index (χ2n) is 3.87. The summed E-state index contributed by atoms with van der Waals surface area (Å²) in [6, 6.07) is 0.539. The van der Waals surface area contributed by atoms with Crippen LogP contribution in [-0.2, 0) is 4.74 Å². The van der Waals surface area contributed by atoms with Gasteiger partial charge in [0.05, 0.1) is 6.61 Å². The first-order valence-electron chi connectivity index (χ1n) is 4.39. The van der Waals surface area contributed by atoms with E-state index in [-0.39, 0.29) is 12.2 Å². The molecule has 0 aliphatic carbocycles. The van der Waals surface area contributed by atoms with Crippen LogP contribution >= 0.6 is 0 Å². The molecule has 0 aromatic carbocycles. The molecule has 3 aliphatic heterocycles. The standard InChI is InChI=1S/C8H13NO2/c10-5-8-6-2-1-3-9(6)4-7(8)11-8/h6-7,10H,1-5H2. The Morgan fingerprint density at radius 2 is 2.55 bits per heavy atom. The molecule has 3 heteroatoms. The van der Waals surface area contributed by atoms with Crippen LogP contribution in [-0.4, -0.2) is 47.4 Å². The van der Waals surface area contributed by atoms with Gasteiger partial charge in [0.25, 0.3) is 0 Å². The highest BCUT2D eigenvalue weighted by molar-refractivity contribution is 5.19. The highest BCUT2D eigenvalue weighted by atomic mass is 16.6. The third-order valence-corrected chi connectivity index (χ3v) is 3.42. The van der Waals surface area contributed by atoms with Crippen LogP contribution < -0.4 is 0 Å². The maximum Gasteiger partial charge on any atom is 0.134 e. The van der Waals surface area contributed by atoms with Gasteiger partial charge in [-0.3, -0.25) is 4.90 Å². The summed E-state index contributed by atoms with van der Waals surface area (Å²) in [5.74, 6) is 0. The van der Waals surface area contributed by atoms with Crippen LogP contribution in [0.25, 0.3) is 0 Å². The van der Waals surface area contributed by atoms with E-state index in [0.29, 0.717) is 12.1 Å². The Morgan fingerprint density at radius 1 is 1.64 bits per heavy atom. The summed E-state index contributed by atoms with van der Waals surface area (Å²) < 4.78 is 5.51. The molecule has 0 aromatic rings. The van der Waals surface area contributed by atoms with Crippen molar-refractivity contribution in [2.75, 3.05) is 19.7 Å². The van der Waals surface area contributed by atoms with Crippen LogP contribution in [0.3, 0.4) is 0 Å². The average Bonchev–Trinajstić information content (AvgIpc) is 2.44. The zero-order chi connectivity index (χ0) is 7.47. The minimum atomic E-state index is -0.115. The van der Waals surface area contributed by atoms with Crippen molar-refractivity contribution in [1.82, 2.24) is 4.90 Å². The number of hydrogen-bond acceptors (Lipinski definition) is 3. The SMILES string of the molecule is OCC12OC1CN1CCCC12. The van der Waals surface area contributed by atoms with Gasteiger partial charge in [0.2, 0.25) is 0 Å². The summed E-state index contributed by atoms with van der Waals surface area (Å²) in [6.45, 7) is 2.50. The van der Waals surface area contributed by atoms with E-state index in [4.69, 9.17) is 9.84 Å². The van der Waals surface area contributed by atoms with Gasteiger partial charge < -0.3 is 9.84 Å². The van der Waals surface area contributed by atoms with Gasteiger partial charge in [-0.05, 0) is 19.4 Å². The van der Waals surface area contributed by atoms with Crippen molar-refractivity contribution in [3.8, 4) is 0 Å². The molecule has 62 valence electrons. The predicted molar refractivity (Wildman–Crippen MR) is 39.3 cm³/mol. The number of hydrogen-bond donors (Lipinski definition) is 1. The van der Waals surface area contributed by atoms with Crippen LogP contribution in [0, 0.1) is 0 Å². The molecule has 3 atom stereocenters. The summed E-state index contributed by atoms with van der Waals surface area (Å²) in [6.07, 6.45) is 2.86. The maximum atomic E-state index is 9.16. The second kappa shape index (κ2) is 1.79. The minimum Gasteiger partial charge on any atom is -0.393 e. The van der Waals surface area contributed by atoms with Crippen molar-refractivity contribution < 1.29 is 9.84 Å². The van der Waals surface area contributed by atoms with Gasteiger partial charge in [0.15, 0.2) is 0 Å². The fourth-order valence-corrected chi connectivity index (χ4v) is 2.77. The van der Waals surface area contributed by atoms with Gasteiger partial charge in [-0.25, -0.2) is 0 Å². The van der Waals surface area contributed by atoms with Crippen LogP contribution in [0.2, 0.25) is 0 Å². The number of aliphatic hydroxyl groups is 1.